The first-order valence-corrected chi connectivity index (χ1v) is 6.10. The Hall–Kier alpha value is -1.75. The number of amides is 1. The molecule has 1 aromatic carbocycles. The topological polar surface area (TPSA) is 64.8 Å². The summed E-state index contributed by atoms with van der Waals surface area (Å²) < 4.78 is 10.7. The zero-order valence-corrected chi connectivity index (χ0v) is 10.3. The molecule has 0 saturated carbocycles. The largest absolute Gasteiger partial charge is 0.454 e. The molecule has 96 valence electrons. The minimum Gasteiger partial charge on any atom is -0.454 e. The Balaban J connectivity index is 1.86. The number of rotatable bonds is 2. The van der Waals surface area contributed by atoms with Crippen LogP contribution in [0.2, 0.25) is 0 Å². The third-order valence-corrected chi connectivity index (χ3v) is 3.70. The van der Waals surface area contributed by atoms with Gasteiger partial charge in [0.05, 0.1) is 6.04 Å². The van der Waals surface area contributed by atoms with Crippen LogP contribution in [0, 0.1) is 0 Å². The number of nitrogens with two attached hydrogens (primary N) is 1. The summed E-state index contributed by atoms with van der Waals surface area (Å²) in [7, 11) is 0. The molecule has 2 N–H and O–H groups in total. The van der Waals surface area contributed by atoms with Crippen LogP contribution in [0.15, 0.2) is 12.1 Å². The average Bonchev–Trinajstić information content (AvgIpc) is 2.81. The summed E-state index contributed by atoms with van der Waals surface area (Å²) in [6.45, 7) is 3.72. The predicted molar refractivity (Wildman–Crippen MR) is 65.3 cm³/mol. The van der Waals surface area contributed by atoms with Crippen LogP contribution in [0.3, 0.4) is 0 Å². The maximum atomic E-state index is 11.2. The number of carbonyl (C=O) groups is 1. The van der Waals surface area contributed by atoms with Crippen molar-refractivity contribution in [3.63, 3.8) is 0 Å². The van der Waals surface area contributed by atoms with Gasteiger partial charge in [-0.15, -0.1) is 0 Å². The highest BCUT2D eigenvalue weighted by Gasteiger charge is 2.26. The first-order chi connectivity index (χ1) is 8.65. The van der Waals surface area contributed by atoms with E-state index < -0.39 is 0 Å². The quantitative estimate of drug-likeness (QED) is 0.834. The number of ether oxygens (including phenoxy) is 2. The zero-order chi connectivity index (χ0) is 12.7. The molecule has 3 rings (SSSR count). The minimum absolute atomic E-state index is 0.233. The lowest BCUT2D eigenvalue weighted by molar-refractivity contribution is -0.123. The lowest BCUT2D eigenvalue weighted by Gasteiger charge is -2.32. The van der Waals surface area contributed by atoms with Crippen molar-refractivity contribution in [1.29, 1.82) is 0 Å². The smallest absolute Gasteiger partial charge is 0.234 e. The van der Waals surface area contributed by atoms with Crippen LogP contribution in [-0.4, -0.2) is 30.2 Å². The molecule has 1 unspecified atom stereocenters. The molecule has 2 heterocycles. The van der Waals surface area contributed by atoms with Gasteiger partial charge in [-0.3, -0.25) is 9.69 Å². The maximum absolute atomic E-state index is 11.2. The minimum atomic E-state index is -0.279. The molecule has 1 amide bonds. The van der Waals surface area contributed by atoms with Crippen molar-refractivity contribution in [2.75, 3.05) is 13.3 Å². The van der Waals surface area contributed by atoms with E-state index in [4.69, 9.17) is 15.2 Å². The molecule has 0 fully saturated rings. The molecule has 5 nitrogen and oxygen atoms in total. The van der Waals surface area contributed by atoms with Crippen LogP contribution in [0.5, 0.6) is 11.5 Å². The first-order valence-electron chi connectivity index (χ1n) is 6.10. The predicted octanol–water partition coefficient (Wildman–Crippen LogP) is 0.647. The Labute approximate surface area is 105 Å². The van der Waals surface area contributed by atoms with E-state index in [-0.39, 0.29) is 11.9 Å². The molecule has 0 bridgehead atoms. The van der Waals surface area contributed by atoms with Crippen molar-refractivity contribution >= 4 is 5.91 Å². The number of carbonyl (C=O) groups excluding carboxylic acids is 1. The molecule has 5 heteroatoms. The summed E-state index contributed by atoms with van der Waals surface area (Å²) in [5.41, 5.74) is 7.82. The Morgan fingerprint density at radius 3 is 2.67 bits per heavy atom. The van der Waals surface area contributed by atoms with Crippen molar-refractivity contribution in [2.24, 2.45) is 5.73 Å². The van der Waals surface area contributed by atoms with Gasteiger partial charge in [-0.25, -0.2) is 0 Å². The maximum Gasteiger partial charge on any atom is 0.234 e. The second kappa shape index (κ2) is 4.17. The van der Waals surface area contributed by atoms with E-state index >= 15 is 0 Å². The monoisotopic (exact) mass is 248 g/mol. The summed E-state index contributed by atoms with van der Waals surface area (Å²) in [5.74, 6) is 1.34. The third-order valence-electron chi connectivity index (χ3n) is 3.70. The molecule has 2 aliphatic heterocycles. The number of primary amides is 1. The number of hydrogen-bond donors (Lipinski definition) is 1. The van der Waals surface area contributed by atoms with Gasteiger partial charge in [-0.05, 0) is 36.6 Å². The summed E-state index contributed by atoms with van der Waals surface area (Å²) in [5, 5.41) is 0. The molecule has 0 aliphatic carbocycles. The van der Waals surface area contributed by atoms with E-state index in [1.165, 1.54) is 11.1 Å². The Morgan fingerprint density at radius 1 is 1.33 bits per heavy atom. The van der Waals surface area contributed by atoms with Crippen LogP contribution >= 0.6 is 0 Å². The van der Waals surface area contributed by atoms with Crippen LogP contribution in [0.1, 0.15) is 18.1 Å². The normalized spacial score (nSPS) is 19.4. The highest BCUT2D eigenvalue weighted by atomic mass is 16.7. The lowest BCUT2D eigenvalue weighted by atomic mass is 9.98. The van der Waals surface area contributed by atoms with Crippen molar-refractivity contribution in [3.8, 4) is 11.5 Å². The first kappa shape index (κ1) is 11.3. The Morgan fingerprint density at radius 2 is 2.00 bits per heavy atom. The molecule has 0 radical (unpaired) electrons. The Kier molecular flexibility index (Phi) is 2.63. The van der Waals surface area contributed by atoms with Gasteiger partial charge in [0.2, 0.25) is 12.7 Å². The van der Waals surface area contributed by atoms with Gasteiger partial charge in [-0.1, -0.05) is 0 Å². The van der Waals surface area contributed by atoms with Crippen molar-refractivity contribution in [1.82, 2.24) is 4.90 Å². The fourth-order valence-electron chi connectivity index (χ4n) is 2.48. The van der Waals surface area contributed by atoms with Gasteiger partial charge in [0.1, 0.15) is 0 Å². The van der Waals surface area contributed by atoms with Crippen molar-refractivity contribution in [3.05, 3.63) is 23.3 Å². The van der Waals surface area contributed by atoms with E-state index in [0.29, 0.717) is 6.79 Å². The van der Waals surface area contributed by atoms with Crippen LogP contribution < -0.4 is 15.2 Å². The second-order valence-corrected chi connectivity index (χ2v) is 4.77. The third kappa shape index (κ3) is 1.80. The highest BCUT2D eigenvalue weighted by Crippen LogP contribution is 2.36. The number of fused-ring (bicyclic) bond motifs is 2. The Bertz CT molecular complexity index is 501. The fraction of sp³-hybridized carbons (Fsp3) is 0.462. The molecular weight excluding hydrogens is 232 g/mol. The summed E-state index contributed by atoms with van der Waals surface area (Å²) in [6.07, 6.45) is 0.906. The molecule has 1 atom stereocenters. The van der Waals surface area contributed by atoms with Gasteiger partial charge in [-0.2, -0.15) is 0 Å². The van der Waals surface area contributed by atoms with Crippen molar-refractivity contribution in [2.45, 2.75) is 25.9 Å². The molecular formula is C13H16N2O3. The molecule has 0 aromatic heterocycles. The van der Waals surface area contributed by atoms with Gasteiger partial charge in [0, 0.05) is 13.1 Å². The molecule has 0 spiro atoms. The van der Waals surface area contributed by atoms with Crippen LogP contribution in [0.25, 0.3) is 0 Å². The number of hydrogen-bond acceptors (Lipinski definition) is 4. The van der Waals surface area contributed by atoms with Gasteiger partial charge in [0.25, 0.3) is 0 Å². The van der Waals surface area contributed by atoms with Gasteiger partial charge < -0.3 is 15.2 Å². The standard InChI is InChI=1S/C13H16N2O3/c1-8(13(14)16)15-3-2-9-4-11-12(18-7-17-11)5-10(9)6-15/h4-5,8H,2-3,6-7H2,1H3,(H2,14,16). The number of benzene rings is 1. The van der Waals surface area contributed by atoms with E-state index in [1.54, 1.807) is 0 Å². The number of nitrogens with zero attached hydrogens (tertiary/aromatic N) is 1. The second-order valence-electron chi connectivity index (χ2n) is 4.77. The lowest BCUT2D eigenvalue weighted by Crippen LogP contribution is -2.44. The van der Waals surface area contributed by atoms with E-state index in [0.717, 1.165) is 31.0 Å². The van der Waals surface area contributed by atoms with Gasteiger partial charge >= 0.3 is 0 Å². The van der Waals surface area contributed by atoms with E-state index in [9.17, 15) is 4.79 Å². The highest BCUT2D eigenvalue weighted by molar-refractivity contribution is 5.79. The molecule has 0 saturated heterocycles. The summed E-state index contributed by atoms with van der Waals surface area (Å²) in [4.78, 5) is 13.3. The summed E-state index contributed by atoms with van der Waals surface area (Å²) >= 11 is 0. The zero-order valence-electron chi connectivity index (χ0n) is 10.3. The van der Waals surface area contributed by atoms with E-state index in [2.05, 4.69) is 4.90 Å². The van der Waals surface area contributed by atoms with Crippen molar-refractivity contribution < 1.29 is 14.3 Å². The van der Waals surface area contributed by atoms with Gasteiger partial charge in [0.15, 0.2) is 11.5 Å². The molecule has 2 aliphatic rings. The van der Waals surface area contributed by atoms with E-state index in [1.807, 2.05) is 19.1 Å². The SMILES string of the molecule is CC(C(N)=O)N1CCc2cc3c(cc2C1)OCO3. The molecule has 18 heavy (non-hydrogen) atoms. The van der Waals surface area contributed by atoms with Crippen LogP contribution in [0.4, 0.5) is 0 Å². The van der Waals surface area contributed by atoms with Crippen LogP contribution in [-0.2, 0) is 17.8 Å². The fourth-order valence-corrected chi connectivity index (χ4v) is 2.48. The molecule has 1 aromatic rings. The summed E-state index contributed by atoms with van der Waals surface area (Å²) in [6, 6.07) is 3.82. The average molecular weight is 248 g/mol.